The number of aliphatic imine (C=N–C) groups is 1. The first kappa shape index (κ1) is 19.2. The molecule has 4 amide bonds. The largest absolute Gasteiger partial charge is 0.481 e. The Morgan fingerprint density at radius 2 is 1.80 bits per heavy atom. The lowest BCUT2D eigenvalue weighted by Crippen LogP contribution is -2.53. The van der Waals surface area contributed by atoms with Crippen LogP contribution < -0.4 is 33.4 Å². The van der Waals surface area contributed by atoms with Crippen LogP contribution in [0.15, 0.2) is 29.3 Å². The highest BCUT2D eigenvalue weighted by molar-refractivity contribution is 5.96. The van der Waals surface area contributed by atoms with Gasteiger partial charge in [-0.1, -0.05) is 6.07 Å². The van der Waals surface area contributed by atoms with E-state index in [4.69, 9.17) is 22.3 Å². The lowest BCUT2D eigenvalue weighted by molar-refractivity contribution is -0.139. The Kier molecular flexibility index (Phi) is 6.70. The van der Waals surface area contributed by atoms with Crippen molar-refractivity contribution < 1.29 is 24.3 Å². The molecule has 0 bridgehead atoms. The summed E-state index contributed by atoms with van der Waals surface area (Å²) in [6.45, 7) is 0. The highest BCUT2D eigenvalue weighted by Crippen LogP contribution is 2.13. The van der Waals surface area contributed by atoms with E-state index in [1.807, 2.05) is 10.7 Å². The second-order valence-electron chi connectivity index (χ2n) is 4.69. The number of carboxylic acid groups (broad SMARTS) is 1. The molecule has 12 heteroatoms. The number of aliphatic carboxylic acids is 1. The smallest absolute Gasteiger partial charge is 0.334 e. The van der Waals surface area contributed by atoms with Gasteiger partial charge in [-0.3, -0.25) is 19.8 Å². The van der Waals surface area contributed by atoms with E-state index in [0.717, 1.165) is 0 Å². The molecule has 134 valence electrons. The topological polar surface area (TPSA) is 215 Å². The molecule has 1 aromatic rings. The fourth-order valence-electron chi connectivity index (χ4n) is 1.64. The molecule has 1 rings (SSSR count). The first-order valence-electron chi connectivity index (χ1n) is 6.76. The Bertz CT molecular complexity index is 714. The highest BCUT2D eigenvalue weighted by atomic mass is 16.4. The molecular formula is C13H17N7O5. The van der Waals surface area contributed by atoms with Gasteiger partial charge in [-0.25, -0.2) is 15.2 Å². The van der Waals surface area contributed by atoms with E-state index in [1.54, 1.807) is 6.07 Å². The Morgan fingerprint density at radius 3 is 2.36 bits per heavy atom. The minimum Gasteiger partial charge on any atom is -0.481 e. The van der Waals surface area contributed by atoms with E-state index in [0.29, 0.717) is 5.69 Å². The Labute approximate surface area is 141 Å². The summed E-state index contributed by atoms with van der Waals surface area (Å²) in [4.78, 5) is 48.9. The SMILES string of the molecule is NC(=O)[C@H](CC(=O)O)NC(=O)NNC(=O)c1cccc(N=C(N)N)c1. The molecule has 0 aliphatic heterocycles. The van der Waals surface area contributed by atoms with Crippen LogP contribution in [0.4, 0.5) is 10.5 Å². The molecule has 10 N–H and O–H groups in total. The second-order valence-corrected chi connectivity index (χ2v) is 4.69. The van der Waals surface area contributed by atoms with E-state index in [9.17, 15) is 19.2 Å². The summed E-state index contributed by atoms with van der Waals surface area (Å²) in [5.41, 5.74) is 19.9. The zero-order valence-electron chi connectivity index (χ0n) is 12.9. The van der Waals surface area contributed by atoms with Gasteiger partial charge in [-0.15, -0.1) is 0 Å². The van der Waals surface area contributed by atoms with Crippen molar-refractivity contribution in [1.82, 2.24) is 16.2 Å². The number of carbonyl (C=O) groups is 4. The molecular weight excluding hydrogens is 334 g/mol. The van der Waals surface area contributed by atoms with Gasteiger partial charge >= 0.3 is 12.0 Å². The van der Waals surface area contributed by atoms with E-state index in [-0.39, 0.29) is 11.5 Å². The third-order valence-electron chi connectivity index (χ3n) is 2.68. The van der Waals surface area contributed by atoms with E-state index in [1.165, 1.54) is 18.2 Å². The van der Waals surface area contributed by atoms with Gasteiger partial charge in [0.1, 0.15) is 6.04 Å². The quantitative estimate of drug-likeness (QED) is 0.171. The summed E-state index contributed by atoms with van der Waals surface area (Å²) in [6, 6.07) is 3.44. The van der Waals surface area contributed by atoms with Crippen LogP contribution >= 0.6 is 0 Å². The normalized spacial score (nSPS) is 10.9. The van der Waals surface area contributed by atoms with Crippen LogP contribution in [0.25, 0.3) is 0 Å². The number of carbonyl (C=O) groups excluding carboxylic acids is 3. The zero-order valence-corrected chi connectivity index (χ0v) is 12.9. The predicted molar refractivity (Wildman–Crippen MR) is 86.3 cm³/mol. The van der Waals surface area contributed by atoms with Gasteiger partial charge in [0.2, 0.25) is 5.91 Å². The third kappa shape index (κ3) is 6.85. The number of urea groups is 1. The minimum atomic E-state index is -1.43. The Hall–Kier alpha value is -3.83. The molecule has 0 aromatic heterocycles. The molecule has 1 aromatic carbocycles. The highest BCUT2D eigenvalue weighted by Gasteiger charge is 2.21. The predicted octanol–water partition coefficient (Wildman–Crippen LogP) is -2.14. The van der Waals surface area contributed by atoms with Crippen molar-refractivity contribution in [2.24, 2.45) is 22.2 Å². The van der Waals surface area contributed by atoms with Crippen LogP contribution in [0.5, 0.6) is 0 Å². The fourth-order valence-corrected chi connectivity index (χ4v) is 1.64. The van der Waals surface area contributed by atoms with E-state index in [2.05, 4.69) is 10.4 Å². The molecule has 0 unspecified atom stereocenters. The first-order chi connectivity index (χ1) is 11.7. The molecule has 0 aliphatic carbocycles. The molecule has 12 nitrogen and oxygen atoms in total. The van der Waals surface area contributed by atoms with Crippen LogP contribution in [0.1, 0.15) is 16.8 Å². The molecule has 0 heterocycles. The number of hydrogen-bond donors (Lipinski definition) is 7. The fraction of sp³-hybridized carbons (Fsp3) is 0.154. The van der Waals surface area contributed by atoms with Crippen LogP contribution in [-0.4, -0.2) is 40.9 Å². The van der Waals surface area contributed by atoms with Gasteiger partial charge in [-0.05, 0) is 18.2 Å². The molecule has 0 fully saturated rings. The molecule has 0 spiro atoms. The van der Waals surface area contributed by atoms with Gasteiger partial charge in [-0.2, -0.15) is 0 Å². The van der Waals surface area contributed by atoms with Crippen LogP contribution in [-0.2, 0) is 9.59 Å². The third-order valence-corrected chi connectivity index (χ3v) is 2.68. The van der Waals surface area contributed by atoms with Crippen molar-refractivity contribution in [2.75, 3.05) is 0 Å². The van der Waals surface area contributed by atoms with Crippen molar-refractivity contribution >= 4 is 35.5 Å². The minimum absolute atomic E-state index is 0.139. The number of nitrogens with two attached hydrogens (primary N) is 3. The molecule has 0 aliphatic rings. The van der Waals surface area contributed by atoms with Crippen LogP contribution in [0.3, 0.4) is 0 Å². The summed E-state index contributed by atoms with van der Waals surface area (Å²) < 4.78 is 0. The number of benzene rings is 1. The maximum Gasteiger partial charge on any atom is 0.334 e. The number of hydrazine groups is 1. The van der Waals surface area contributed by atoms with Crippen LogP contribution in [0.2, 0.25) is 0 Å². The summed E-state index contributed by atoms with van der Waals surface area (Å²) in [7, 11) is 0. The molecule has 0 radical (unpaired) electrons. The van der Waals surface area contributed by atoms with Gasteiger partial charge in [0, 0.05) is 5.56 Å². The van der Waals surface area contributed by atoms with Crippen molar-refractivity contribution in [3.8, 4) is 0 Å². The second kappa shape index (κ2) is 8.71. The van der Waals surface area contributed by atoms with Crippen LogP contribution in [0, 0.1) is 0 Å². The van der Waals surface area contributed by atoms with E-state index < -0.39 is 36.3 Å². The number of carboxylic acids is 1. The summed E-state index contributed by atoms with van der Waals surface area (Å²) in [5, 5.41) is 10.6. The Morgan fingerprint density at radius 1 is 1.12 bits per heavy atom. The molecule has 0 saturated heterocycles. The van der Waals surface area contributed by atoms with Gasteiger partial charge in [0.05, 0.1) is 12.1 Å². The maximum atomic E-state index is 11.9. The Balaban J connectivity index is 2.63. The summed E-state index contributed by atoms with van der Waals surface area (Å²) in [5.74, 6) is -3.25. The number of guanidine groups is 1. The average molecular weight is 351 g/mol. The van der Waals surface area contributed by atoms with Crippen molar-refractivity contribution in [3.05, 3.63) is 29.8 Å². The van der Waals surface area contributed by atoms with Gasteiger partial charge in [0.15, 0.2) is 5.96 Å². The van der Waals surface area contributed by atoms with Crippen molar-refractivity contribution in [1.29, 1.82) is 0 Å². The lowest BCUT2D eigenvalue weighted by atomic mass is 10.2. The molecule has 25 heavy (non-hydrogen) atoms. The van der Waals surface area contributed by atoms with Gasteiger partial charge in [0.25, 0.3) is 5.91 Å². The van der Waals surface area contributed by atoms with E-state index >= 15 is 0 Å². The first-order valence-corrected chi connectivity index (χ1v) is 6.76. The number of primary amides is 1. The maximum absolute atomic E-state index is 11.9. The summed E-state index contributed by atoms with van der Waals surface area (Å²) >= 11 is 0. The molecule has 1 atom stereocenters. The number of amides is 4. The van der Waals surface area contributed by atoms with Gasteiger partial charge < -0.3 is 27.6 Å². The number of hydrogen-bond acceptors (Lipinski definition) is 5. The number of rotatable bonds is 6. The number of nitrogens with zero attached hydrogens (tertiary/aromatic N) is 1. The standard InChI is InChI=1S/C13H17N7O5/c14-10(23)8(5-9(21)22)18-13(25)20-19-11(24)6-2-1-3-7(4-6)17-12(15)16/h1-4,8H,5H2,(H2,14,23)(H,19,24)(H,21,22)(H4,15,16,17)(H2,18,20,25)/t8-/m0/s1. The molecule has 0 saturated carbocycles. The lowest BCUT2D eigenvalue weighted by Gasteiger charge is -2.14. The van der Waals surface area contributed by atoms with Crippen molar-refractivity contribution in [3.63, 3.8) is 0 Å². The monoisotopic (exact) mass is 351 g/mol. The zero-order chi connectivity index (χ0) is 19.0. The average Bonchev–Trinajstić information content (AvgIpc) is 2.51. The van der Waals surface area contributed by atoms with Crippen molar-refractivity contribution in [2.45, 2.75) is 12.5 Å². The summed E-state index contributed by atoms with van der Waals surface area (Å²) in [6.07, 6.45) is -0.697. The number of nitrogens with one attached hydrogen (secondary N) is 3.